The topological polar surface area (TPSA) is 119 Å². The van der Waals surface area contributed by atoms with Crippen LogP contribution in [0.4, 0.5) is 5.00 Å². The van der Waals surface area contributed by atoms with Crippen molar-refractivity contribution in [2.75, 3.05) is 32.1 Å². The van der Waals surface area contributed by atoms with Gasteiger partial charge >= 0.3 is 11.9 Å². The smallest absolute Gasteiger partial charge is 0.350 e. The highest BCUT2D eigenvalue weighted by Gasteiger charge is 2.32. The maximum atomic E-state index is 12.8. The average molecular weight is 487 g/mol. The van der Waals surface area contributed by atoms with Gasteiger partial charge in [0.15, 0.2) is 6.61 Å². The third kappa shape index (κ3) is 4.81. The molecule has 1 aliphatic heterocycles. The van der Waals surface area contributed by atoms with E-state index < -0.39 is 34.5 Å². The molecule has 3 rings (SSSR count). The van der Waals surface area contributed by atoms with Crippen LogP contribution >= 0.6 is 22.7 Å². The second-order valence-electron chi connectivity index (χ2n) is 6.83. The van der Waals surface area contributed by atoms with Crippen molar-refractivity contribution in [1.29, 1.82) is 0 Å². The summed E-state index contributed by atoms with van der Waals surface area (Å²) in [4.78, 5) is 37.4. The van der Waals surface area contributed by atoms with Crippen LogP contribution in [0.3, 0.4) is 0 Å². The highest BCUT2D eigenvalue weighted by Crippen LogP contribution is 2.33. The van der Waals surface area contributed by atoms with E-state index in [2.05, 4.69) is 5.32 Å². The van der Waals surface area contributed by atoms with E-state index >= 15 is 0 Å². The van der Waals surface area contributed by atoms with E-state index in [1.54, 1.807) is 13.8 Å². The summed E-state index contributed by atoms with van der Waals surface area (Å²) in [6.07, 6.45) is 1.55. The van der Waals surface area contributed by atoms with Crippen molar-refractivity contribution in [3.63, 3.8) is 0 Å². The number of methoxy groups -OCH3 is 1. The van der Waals surface area contributed by atoms with E-state index in [-0.39, 0.29) is 15.3 Å². The molecule has 0 aliphatic carbocycles. The fourth-order valence-corrected chi connectivity index (χ4v) is 7.00. The molecule has 3 heterocycles. The van der Waals surface area contributed by atoms with Crippen LogP contribution in [-0.4, -0.2) is 57.4 Å². The number of sulfonamides is 1. The maximum absolute atomic E-state index is 12.8. The van der Waals surface area contributed by atoms with Gasteiger partial charge in [0.25, 0.3) is 5.91 Å². The van der Waals surface area contributed by atoms with E-state index in [1.807, 2.05) is 0 Å². The van der Waals surface area contributed by atoms with Gasteiger partial charge in [-0.05, 0) is 43.7 Å². The quantitative estimate of drug-likeness (QED) is 0.598. The van der Waals surface area contributed by atoms with Gasteiger partial charge in [-0.25, -0.2) is 18.0 Å². The molecule has 0 radical (unpaired) electrons. The summed E-state index contributed by atoms with van der Waals surface area (Å²) in [5, 5.41) is 4.36. The summed E-state index contributed by atoms with van der Waals surface area (Å²) in [5.74, 6) is -2.13. The lowest BCUT2D eigenvalue weighted by Crippen LogP contribution is -2.29. The van der Waals surface area contributed by atoms with Crippen LogP contribution in [0.1, 0.15) is 43.3 Å². The SMILES string of the molecule is COC(=O)c1c(NC(=O)COC(=O)c2sccc2S(=O)(=O)N2CCCC2)sc(C)c1C. The zero-order valence-electron chi connectivity index (χ0n) is 17.2. The molecule has 0 spiro atoms. The molecule has 0 aromatic carbocycles. The number of anilines is 1. The van der Waals surface area contributed by atoms with Crippen LogP contribution in [0, 0.1) is 13.8 Å². The lowest BCUT2D eigenvalue weighted by molar-refractivity contribution is -0.119. The van der Waals surface area contributed by atoms with Crippen molar-refractivity contribution in [3.05, 3.63) is 32.3 Å². The number of nitrogens with zero attached hydrogens (tertiary/aromatic N) is 1. The molecule has 2 aromatic rings. The molecule has 0 atom stereocenters. The van der Waals surface area contributed by atoms with Gasteiger partial charge in [-0.3, -0.25) is 4.79 Å². The largest absolute Gasteiger partial charge is 0.465 e. The molecule has 0 bridgehead atoms. The first kappa shape index (κ1) is 23.4. The number of esters is 2. The fourth-order valence-electron chi connectivity index (χ4n) is 3.14. The molecule has 31 heavy (non-hydrogen) atoms. The number of hydrogen-bond acceptors (Lipinski definition) is 9. The molecule has 9 nitrogen and oxygen atoms in total. The Labute approximate surface area is 188 Å². The fraction of sp³-hybridized carbons (Fsp3) is 0.421. The van der Waals surface area contributed by atoms with Gasteiger partial charge in [0, 0.05) is 18.0 Å². The number of carbonyl (C=O) groups is 3. The van der Waals surface area contributed by atoms with Gasteiger partial charge in [-0.1, -0.05) is 0 Å². The van der Waals surface area contributed by atoms with Gasteiger partial charge < -0.3 is 14.8 Å². The Morgan fingerprint density at radius 1 is 1.16 bits per heavy atom. The zero-order chi connectivity index (χ0) is 22.8. The maximum Gasteiger partial charge on any atom is 0.350 e. The first-order valence-electron chi connectivity index (χ1n) is 9.39. The highest BCUT2D eigenvalue weighted by atomic mass is 32.2. The monoisotopic (exact) mass is 486 g/mol. The van der Waals surface area contributed by atoms with Gasteiger partial charge in [0.2, 0.25) is 10.0 Å². The van der Waals surface area contributed by atoms with Crippen molar-refractivity contribution in [2.24, 2.45) is 0 Å². The summed E-state index contributed by atoms with van der Waals surface area (Å²) in [6, 6.07) is 1.37. The minimum absolute atomic E-state index is 0.0715. The van der Waals surface area contributed by atoms with E-state index in [0.717, 1.165) is 29.1 Å². The van der Waals surface area contributed by atoms with Crippen LogP contribution < -0.4 is 5.32 Å². The van der Waals surface area contributed by atoms with Crippen molar-refractivity contribution in [1.82, 2.24) is 4.31 Å². The lowest BCUT2D eigenvalue weighted by atomic mass is 10.1. The number of carbonyl (C=O) groups excluding carboxylic acids is 3. The predicted molar refractivity (Wildman–Crippen MR) is 116 cm³/mol. The van der Waals surface area contributed by atoms with Crippen LogP contribution in [-0.2, 0) is 24.3 Å². The molecule has 12 heteroatoms. The molecule has 1 N–H and O–H groups in total. The van der Waals surface area contributed by atoms with E-state index in [9.17, 15) is 22.8 Å². The third-order valence-corrected chi connectivity index (χ3v) is 8.95. The minimum atomic E-state index is -3.79. The van der Waals surface area contributed by atoms with E-state index in [1.165, 1.54) is 34.2 Å². The minimum Gasteiger partial charge on any atom is -0.465 e. The summed E-state index contributed by atoms with van der Waals surface area (Å²) in [5.41, 5.74) is 0.946. The number of thiophene rings is 2. The van der Waals surface area contributed by atoms with Gasteiger partial charge in [0.05, 0.1) is 12.7 Å². The number of hydrogen-bond donors (Lipinski definition) is 1. The van der Waals surface area contributed by atoms with Gasteiger partial charge in [-0.15, -0.1) is 22.7 Å². The summed E-state index contributed by atoms with van der Waals surface area (Å²) in [6.45, 7) is 3.75. The molecule has 1 fully saturated rings. The number of amides is 1. The molecule has 1 saturated heterocycles. The zero-order valence-corrected chi connectivity index (χ0v) is 19.7. The molecule has 1 amide bonds. The van der Waals surface area contributed by atoms with Gasteiger partial charge in [0.1, 0.15) is 14.8 Å². The molecule has 1 aliphatic rings. The number of ether oxygens (including phenoxy) is 2. The van der Waals surface area contributed by atoms with Crippen LogP contribution in [0.5, 0.6) is 0 Å². The molecule has 2 aromatic heterocycles. The number of rotatable bonds is 7. The van der Waals surface area contributed by atoms with Crippen molar-refractivity contribution < 1.29 is 32.3 Å². The van der Waals surface area contributed by atoms with Crippen LogP contribution in [0.25, 0.3) is 0 Å². The van der Waals surface area contributed by atoms with Crippen molar-refractivity contribution in [3.8, 4) is 0 Å². The Morgan fingerprint density at radius 2 is 1.84 bits per heavy atom. The third-order valence-electron chi connectivity index (χ3n) is 4.86. The van der Waals surface area contributed by atoms with E-state index in [0.29, 0.717) is 23.7 Å². The van der Waals surface area contributed by atoms with Gasteiger partial charge in [-0.2, -0.15) is 4.31 Å². The normalized spacial score (nSPS) is 14.4. The lowest BCUT2D eigenvalue weighted by Gasteiger charge is -2.15. The Balaban J connectivity index is 1.68. The first-order valence-corrected chi connectivity index (χ1v) is 12.5. The molecular weight excluding hydrogens is 464 g/mol. The van der Waals surface area contributed by atoms with Crippen LogP contribution in [0.2, 0.25) is 0 Å². The summed E-state index contributed by atoms with van der Waals surface area (Å²) >= 11 is 2.15. The Kier molecular flexibility index (Phi) is 7.14. The van der Waals surface area contributed by atoms with Crippen molar-refractivity contribution in [2.45, 2.75) is 31.6 Å². The Bertz CT molecular complexity index is 1110. The first-order chi connectivity index (χ1) is 14.7. The second-order valence-corrected chi connectivity index (χ2v) is 10.9. The molecular formula is C19H22N2O7S3. The summed E-state index contributed by atoms with van der Waals surface area (Å²) < 4.78 is 36.7. The molecule has 0 unspecified atom stereocenters. The van der Waals surface area contributed by atoms with E-state index in [4.69, 9.17) is 9.47 Å². The number of aryl methyl sites for hydroxylation is 1. The Hall–Kier alpha value is -2.28. The van der Waals surface area contributed by atoms with Crippen LogP contribution in [0.15, 0.2) is 16.3 Å². The number of nitrogens with one attached hydrogen (secondary N) is 1. The average Bonchev–Trinajstić information content (AvgIpc) is 3.48. The molecule has 0 saturated carbocycles. The standard InChI is InChI=1S/C19H22N2O7S3/c1-11-12(2)30-17(15(11)18(23)27-3)20-14(22)10-28-19(24)16-13(6-9-29-16)31(25,26)21-7-4-5-8-21/h6,9H,4-5,7-8,10H2,1-3H3,(H,20,22). The van der Waals surface area contributed by atoms with Crippen molar-refractivity contribution >= 4 is 55.5 Å². The highest BCUT2D eigenvalue weighted by molar-refractivity contribution is 7.89. The second kappa shape index (κ2) is 9.47. The summed E-state index contributed by atoms with van der Waals surface area (Å²) in [7, 11) is -2.54. The molecule has 168 valence electrons. The Morgan fingerprint density at radius 3 is 2.48 bits per heavy atom. The predicted octanol–water partition coefficient (Wildman–Crippen LogP) is 2.79.